The third kappa shape index (κ3) is 149. The molecule has 0 aliphatic carbocycles. The zero-order valence-corrected chi connectivity index (χ0v) is 6.47. The maximum atomic E-state index is 9.08. The third-order valence-electron chi connectivity index (χ3n) is 0.0942. The predicted molar refractivity (Wildman–Crippen MR) is 34.1 cm³/mol. The Kier molecular flexibility index (Phi) is 18.6. The first-order valence-corrected chi connectivity index (χ1v) is 2.80. The first-order chi connectivity index (χ1) is 4.29. The topological polar surface area (TPSA) is 217 Å². The van der Waals surface area contributed by atoms with Crippen LogP contribution in [0.4, 0.5) is 0 Å². The number of rotatable bonds is 1. The van der Waals surface area contributed by atoms with Crippen LogP contribution >= 0.6 is 0 Å². The van der Waals surface area contributed by atoms with Gasteiger partial charge in [-0.3, -0.25) is 4.55 Å². The highest BCUT2D eigenvalue weighted by Crippen LogP contribution is 1.74. The number of hydrogen-bond acceptors (Lipinski definition) is 8. The van der Waals surface area contributed by atoms with Gasteiger partial charge >= 0.3 is 10.4 Å². The zero-order chi connectivity index (χ0) is 8.78. The van der Waals surface area contributed by atoms with Crippen molar-refractivity contribution in [3.05, 3.63) is 10.1 Å². The van der Waals surface area contributed by atoms with Crippen molar-refractivity contribution in [2.45, 2.75) is 0 Å². The van der Waals surface area contributed by atoms with E-state index in [1.54, 1.807) is 0 Å². The fourth-order valence-electron chi connectivity index (χ4n) is 0. The summed E-state index contributed by atoms with van der Waals surface area (Å²) < 4.78 is 28.0. The maximum Gasteiger partial charge on any atom is 0.423 e. The van der Waals surface area contributed by atoms with Gasteiger partial charge in [-0.2, -0.15) is 8.42 Å². The maximum absolute atomic E-state index is 9.08. The molecule has 0 heterocycles. The lowest BCUT2D eigenvalue weighted by molar-refractivity contribution is -0.742. The van der Waals surface area contributed by atoms with E-state index in [2.05, 4.69) is 4.33 Å². The average molecular weight is 211 g/mol. The Morgan fingerprint density at radius 1 is 1.33 bits per heavy atom. The molecule has 0 aromatic heterocycles. The molecule has 78 valence electrons. The first kappa shape index (κ1) is 22.4. The minimum atomic E-state index is -4.61. The van der Waals surface area contributed by atoms with E-state index in [4.69, 9.17) is 33.5 Å². The second kappa shape index (κ2) is 9.95. The molecular formula is H9N3O8S. The van der Waals surface area contributed by atoms with Crippen LogP contribution in [0.25, 0.3) is 0 Å². The lowest BCUT2D eigenvalue weighted by Gasteiger charge is -1.79. The highest BCUT2D eigenvalue weighted by molar-refractivity contribution is 7.80. The van der Waals surface area contributed by atoms with E-state index in [0.717, 1.165) is 0 Å². The molecule has 12 heavy (non-hydrogen) atoms. The summed E-state index contributed by atoms with van der Waals surface area (Å²) in [4.78, 5) is 8.36. The third-order valence-corrected chi connectivity index (χ3v) is 0.283. The largest absolute Gasteiger partial charge is 0.423 e. The molecule has 11 nitrogen and oxygen atoms in total. The van der Waals surface area contributed by atoms with Crippen LogP contribution in [0.2, 0.25) is 0 Å². The Hall–Kier alpha value is -1.05. The van der Waals surface area contributed by atoms with Gasteiger partial charge in [0.05, 0.1) is 0 Å². The summed E-state index contributed by atoms with van der Waals surface area (Å²) in [6, 6.07) is 0. The summed E-state index contributed by atoms with van der Waals surface area (Å²) in [5.41, 5.74) is 0. The highest BCUT2D eigenvalue weighted by atomic mass is 32.3. The van der Waals surface area contributed by atoms with Crippen molar-refractivity contribution in [2.24, 2.45) is 0 Å². The number of hydrogen-bond donors (Lipinski definition) is 5. The van der Waals surface area contributed by atoms with Gasteiger partial charge in [-0.05, 0) is 0 Å². The van der Waals surface area contributed by atoms with Crippen molar-refractivity contribution in [1.82, 2.24) is 12.3 Å². The molecule has 0 rings (SSSR count). The monoisotopic (exact) mass is 211 g/mol. The quantitative estimate of drug-likeness (QED) is 0.158. The summed E-state index contributed by atoms with van der Waals surface area (Å²) in [5, 5.41) is 20.7. The van der Waals surface area contributed by atoms with E-state index < -0.39 is 15.5 Å². The average Bonchev–Trinajstić information content (AvgIpc) is 1.63. The van der Waals surface area contributed by atoms with Crippen LogP contribution in [0.1, 0.15) is 0 Å². The van der Waals surface area contributed by atoms with Gasteiger partial charge in [0.25, 0.3) is 5.09 Å². The molecule has 0 spiro atoms. The second-order valence-corrected chi connectivity index (χ2v) is 1.74. The van der Waals surface area contributed by atoms with Gasteiger partial charge in [-0.1, -0.05) is 4.33 Å². The normalized spacial score (nSPS) is 7.83. The Balaban J connectivity index is -0.0000000483. The Morgan fingerprint density at radius 3 is 1.42 bits per heavy atom. The molecule has 0 amide bonds. The van der Waals surface area contributed by atoms with E-state index in [0.29, 0.717) is 0 Å². The van der Waals surface area contributed by atoms with E-state index in [9.17, 15) is 0 Å². The summed E-state index contributed by atoms with van der Waals surface area (Å²) in [7, 11) is -4.61. The molecule has 0 radical (unpaired) electrons. The van der Waals surface area contributed by atoms with Crippen LogP contribution in [0.15, 0.2) is 0 Å². The van der Waals surface area contributed by atoms with E-state index in [1.165, 1.54) is 0 Å². The minimum absolute atomic E-state index is 0. The summed E-state index contributed by atoms with van der Waals surface area (Å²) >= 11 is 0. The smallest absolute Gasteiger partial charge is 0.344 e. The van der Waals surface area contributed by atoms with Gasteiger partial charge in [0.1, 0.15) is 0 Å². The molecule has 0 fully saturated rings. The van der Waals surface area contributed by atoms with Crippen LogP contribution in [-0.4, -0.2) is 28.5 Å². The highest BCUT2D eigenvalue weighted by Gasteiger charge is 1.97. The van der Waals surface area contributed by atoms with Crippen LogP contribution in [0, 0.1) is 10.1 Å². The summed E-state index contributed by atoms with van der Waals surface area (Å²) in [5.74, 6) is 0. The van der Waals surface area contributed by atoms with E-state index >= 15 is 0 Å². The minimum Gasteiger partial charge on any atom is -0.344 e. The fourth-order valence-corrected chi connectivity index (χ4v) is 0. The molecule has 0 aliphatic rings. The van der Waals surface area contributed by atoms with Gasteiger partial charge in [0.15, 0.2) is 0 Å². The Morgan fingerprint density at radius 2 is 1.42 bits per heavy atom. The molecule has 9 N–H and O–H groups in total. The molecule has 0 saturated heterocycles. The van der Waals surface area contributed by atoms with E-state index in [-0.39, 0.29) is 12.3 Å². The summed E-state index contributed by atoms with van der Waals surface area (Å²) in [6.45, 7) is 0. The van der Waals surface area contributed by atoms with Crippen molar-refractivity contribution in [2.75, 3.05) is 0 Å². The predicted octanol–water partition coefficient (Wildman–Crippen LogP) is -0.745. The van der Waals surface area contributed by atoms with Crippen molar-refractivity contribution >= 4 is 10.4 Å². The Labute approximate surface area is 66.7 Å². The summed E-state index contributed by atoms with van der Waals surface area (Å²) in [6.07, 6.45) is 0. The standard InChI is InChI=1S/HNO3.2H3N.H2O5S/c2-1(3)4;;;1-5-6(2,3)4/h(H,2,3,4);2*1H3;1H,(H,2,3,4). The molecule has 0 saturated carbocycles. The van der Waals surface area contributed by atoms with Gasteiger partial charge in [-0.15, -0.1) is 10.1 Å². The lowest BCUT2D eigenvalue weighted by atomic mass is 13.1. The van der Waals surface area contributed by atoms with Crippen molar-refractivity contribution in [1.29, 1.82) is 0 Å². The van der Waals surface area contributed by atoms with Gasteiger partial charge in [0.2, 0.25) is 0 Å². The molecule has 0 aromatic carbocycles. The molecule has 12 heteroatoms. The Bertz CT molecular complexity index is 176. The van der Waals surface area contributed by atoms with Crippen molar-refractivity contribution in [3.63, 3.8) is 0 Å². The van der Waals surface area contributed by atoms with Gasteiger partial charge < -0.3 is 17.5 Å². The van der Waals surface area contributed by atoms with Crippen LogP contribution in [-0.2, 0) is 14.7 Å². The van der Waals surface area contributed by atoms with Gasteiger partial charge in [0, 0.05) is 0 Å². The number of nitrogens with zero attached hydrogens (tertiary/aromatic N) is 1. The van der Waals surface area contributed by atoms with Crippen LogP contribution in [0.3, 0.4) is 0 Å². The van der Waals surface area contributed by atoms with Crippen LogP contribution < -0.4 is 12.3 Å². The molecule has 0 atom stereocenters. The van der Waals surface area contributed by atoms with Crippen molar-refractivity contribution in [3.8, 4) is 0 Å². The SMILES string of the molecule is N.N.O=S(=O)(O)OO.O=[N+]([O-])O. The molecular weight excluding hydrogens is 202 g/mol. The zero-order valence-electron chi connectivity index (χ0n) is 5.65. The van der Waals surface area contributed by atoms with Gasteiger partial charge in [-0.25, -0.2) is 5.26 Å². The first-order valence-electron chi connectivity index (χ1n) is 1.43. The van der Waals surface area contributed by atoms with Crippen molar-refractivity contribution < 1.29 is 32.9 Å². The van der Waals surface area contributed by atoms with E-state index in [1.807, 2.05) is 0 Å². The molecule has 0 unspecified atom stereocenters. The van der Waals surface area contributed by atoms with Crippen LogP contribution in [0.5, 0.6) is 0 Å². The molecule has 0 aliphatic heterocycles. The molecule has 0 bridgehead atoms. The fraction of sp³-hybridized carbons (Fsp3) is 0. The molecule has 0 aromatic rings. The lowest BCUT2D eigenvalue weighted by Crippen LogP contribution is -1.97. The second-order valence-electron chi connectivity index (χ2n) is 0.740.